The van der Waals surface area contributed by atoms with Crippen molar-refractivity contribution in [3.05, 3.63) is 0 Å². The van der Waals surface area contributed by atoms with Crippen molar-refractivity contribution in [2.24, 2.45) is 0 Å². The molecule has 0 radical (unpaired) electrons. The van der Waals surface area contributed by atoms with Crippen molar-refractivity contribution in [3.63, 3.8) is 0 Å². The molecule has 1 amide bonds. The first-order valence-corrected chi connectivity index (χ1v) is 5.32. The molecule has 2 fully saturated rings. The molecule has 0 aromatic heterocycles. The minimum atomic E-state index is 0.0793. The Morgan fingerprint density at radius 1 is 1.54 bits per heavy atom. The van der Waals surface area contributed by atoms with Gasteiger partial charge in [0, 0.05) is 6.04 Å². The molecule has 1 aliphatic carbocycles. The van der Waals surface area contributed by atoms with Crippen LogP contribution in [0.4, 0.5) is 0 Å². The summed E-state index contributed by atoms with van der Waals surface area (Å²) in [6.45, 7) is 4.15. The maximum absolute atomic E-state index is 11.8. The Bertz CT molecular complexity index is 213. The lowest BCUT2D eigenvalue weighted by Crippen LogP contribution is -2.46. The second-order valence-corrected chi connectivity index (χ2v) is 4.13. The largest absolute Gasteiger partial charge is 0.323 e. The number of hydrogen-bond acceptors (Lipinski definition) is 2. The Labute approximate surface area is 79.5 Å². The summed E-state index contributed by atoms with van der Waals surface area (Å²) in [6, 6.07) is 0.613. The fourth-order valence-corrected chi connectivity index (χ4v) is 2.27. The summed E-state index contributed by atoms with van der Waals surface area (Å²) < 4.78 is 0. The van der Waals surface area contributed by atoms with Gasteiger partial charge in [0.05, 0.1) is 12.2 Å². The molecule has 0 aromatic carbocycles. The van der Waals surface area contributed by atoms with Crippen molar-refractivity contribution in [3.8, 4) is 0 Å². The molecule has 1 saturated carbocycles. The Morgan fingerprint density at radius 2 is 2.23 bits per heavy atom. The normalized spacial score (nSPS) is 35.2. The Kier molecular flexibility index (Phi) is 2.28. The smallest absolute Gasteiger partial charge is 0.241 e. The molecule has 74 valence electrons. The summed E-state index contributed by atoms with van der Waals surface area (Å²) in [5.41, 5.74) is 0. The molecular weight excluding hydrogens is 164 g/mol. The fraction of sp³-hybridized carbons (Fsp3) is 0.900. The lowest BCUT2D eigenvalue weighted by Gasteiger charge is -2.37. The van der Waals surface area contributed by atoms with Crippen LogP contribution in [0.25, 0.3) is 0 Å². The third-order valence-electron chi connectivity index (χ3n) is 3.29. The molecule has 1 heterocycles. The van der Waals surface area contributed by atoms with Crippen molar-refractivity contribution in [1.82, 2.24) is 10.2 Å². The van der Waals surface area contributed by atoms with Crippen LogP contribution in [0.5, 0.6) is 0 Å². The summed E-state index contributed by atoms with van der Waals surface area (Å²) in [4.78, 5) is 13.9. The Morgan fingerprint density at radius 3 is 2.62 bits per heavy atom. The van der Waals surface area contributed by atoms with Crippen LogP contribution < -0.4 is 5.32 Å². The van der Waals surface area contributed by atoms with E-state index < -0.39 is 0 Å². The third kappa shape index (κ3) is 1.35. The van der Waals surface area contributed by atoms with Gasteiger partial charge < -0.3 is 4.90 Å². The molecular formula is C10H18N2O. The Balaban J connectivity index is 2.05. The lowest BCUT2D eigenvalue weighted by molar-refractivity contribution is -0.133. The van der Waals surface area contributed by atoms with Crippen LogP contribution in [0.15, 0.2) is 0 Å². The van der Waals surface area contributed by atoms with Crippen LogP contribution in [0.2, 0.25) is 0 Å². The first-order chi connectivity index (χ1) is 6.24. The van der Waals surface area contributed by atoms with E-state index >= 15 is 0 Å². The quantitative estimate of drug-likeness (QED) is 0.693. The van der Waals surface area contributed by atoms with E-state index in [9.17, 15) is 4.79 Å². The predicted molar refractivity (Wildman–Crippen MR) is 51.2 cm³/mol. The number of hydrogen-bond donors (Lipinski definition) is 1. The van der Waals surface area contributed by atoms with Crippen LogP contribution in [0.3, 0.4) is 0 Å². The summed E-state index contributed by atoms with van der Waals surface area (Å²) >= 11 is 0. The molecule has 0 bridgehead atoms. The van der Waals surface area contributed by atoms with Crippen LogP contribution >= 0.6 is 0 Å². The standard InChI is InChI=1S/C10H18N2O/c1-3-9-10(13)12(7(2)11-9)8-5-4-6-8/h7-9,11H,3-6H2,1-2H3. The number of carbonyl (C=O) groups is 1. The van der Waals surface area contributed by atoms with Gasteiger partial charge in [-0.25, -0.2) is 0 Å². The van der Waals surface area contributed by atoms with E-state index in [0.717, 1.165) is 6.42 Å². The van der Waals surface area contributed by atoms with Gasteiger partial charge in [0.2, 0.25) is 5.91 Å². The van der Waals surface area contributed by atoms with Gasteiger partial charge in [0.15, 0.2) is 0 Å². The van der Waals surface area contributed by atoms with Crippen molar-refractivity contribution in [1.29, 1.82) is 0 Å². The second kappa shape index (κ2) is 3.29. The Hall–Kier alpha value is -0.570. The SMILES string of the molecule is CCC1NC(C)N(C2CCC2)C1=O. The van der Waals surface area contributed by atoms with Crippen molar-refractivity contribution in [2.75, 3.05) is 0 Å². The van der Waals surface area contributed by atoms with E-state index in [2.05, 4.69) is 24.1 Å². The molecule has 0 aromatic rings. The molecule has 2 atom stereocenters. The molecule has 2 rings (SSSR count). The molecule has 1 saturated heterocycles. The van der Waals surface area contributed by atoms with Gasteiger partial charge >= 0.3 is 0 Å². The van der Waals surface area contributed by atoms with Gasteiger partial charge in [-0.15, -0.1) is 0 Å². The maximum atomic E-state index is 11.8. The average molecular weight is 182 g/mol. The number of nitrogens with one attached hydrogen (secondary N) is 1. The van der Waals surface area contributed by atoms with Gasteiger partial charge in [-0.1, -0.05) is 6.92 Å². The number of carbonyl (C=O) groups excluding carboxylic acids is 1. The van der Waals surface area contributed by atoms with Gasteiger partial charge in [-0.2, -0.15) is 0 Å². The monoisotopic (exact) mass is 182 g/mol. The highest BCUT2D eigenvalue weighted by atomic mass is 16.2. The number of rotatable bonds is 2. The van der Waals surface area contributed by atoms with Crippen molar-refractivity contribution < 1.29 is 4.79 Å². The third-order valence-corrected chi connectivity index (χ3v) is 3.29. The first-order valence-electron chi connectivity index (χ1n) is 5.32. The van der Waals surface area contributed by atoms with Gasteiger partial charge in [0.25, 0.3) is 0 Å². The minimum Gasteiger partial charge on any atom is -0.323 e. The zero-order valence-corrected chi connectivity index (χ0v) is 8.42. The van der Waals surface area contributed by atoms with Gasteiger partial charge in [-0.3, -0.25) is 10.1 Å². The minimum absolute atomic E-state index is 0.0793. The van der Waals surface area contributed by atoms with Crippen LogP contribution in [0.1, 0.15) is 39.5 Å². The molecule has 2 aliphatic rings. The number of amides is 1. The van der Waals surface area contributed by atoms with Crippen LogP contribution in [-0.4, -0.2) is 29.1 Å². The van der Waals surface area contributed by atoms with Gasteiger partial charge in [0.1, 0.15) is 0 Å². The van der Waals surface area contributed by atoms with Crippen molar-refractivity contribution in [2.45, 2.75) is 57.8 Å². The predicted octanol–water partition coefficient (Wildman–Crippen LogP) is 1.10. The van der Waals surface area contributed by atoms with E-state index in [1.54, 1.807) is 0 Å². The molecule has 3 nitrogen and oxygen atoms in total. The van der Waals surface area contributed by atoms with Crippen LogP contribution in [0, 0.1) is 0 Å². The fourth-order valence-electron chi connectivity index (χ4n) is 2.27. The summed E-state index contributed by atoms with van der Waals surface area (Å²) in [7, 11) is 0. The summed E-state index contributed by atoms with van der Waals surface area (Å²) in [6.07, 6.45) is 4.86. The first kappa shape index (κ1) is 9.00. The second-order valence-electron chi connectivity index (χ2n) is 4.13. The van der Waals surface area contributed by atoms with E-state index in [-0.39, 0.29) is 12.2 Å². The molecule has 13 heavy (non-hydrogen) atoms. The van der Waals surface area contributed by atoms with Crippen molar-refractivity contribution >= 4 is 5.91 Å². The molecule has 2 unspecified atom stereocenters. The van der Waals surface area contributed by atoms with E-state index in [1.165, 1.54) is 19.3 Å². The van der Waals surface area contributed by atoms with E-state index in [4.69, 9.17) is 0 Å². The van der Waals surface area contributed by atoms with E-state index in [1.807, 2.05) is 0 Å². The molecule has 1 N–H and O–H groups in total. The summed E-state index contributed by atoms with van der Waals surface area (Å²) in [5.74, 6) is 0.319. The lowest BCUT2D eigenvalue weighted by atomic mass is 9.91. The summed E-state index contributed by atoms with van der Waals surface area (Å²) in [5, 5.41) is 3.33. The highest BCUT2D eigenvalue weighted by molar-refractivity contribution is 5.84. The van der Waals surface area contributed by atoms with Gasteiger partial charge in [-0.05, 0) is 32.6 Å². The topological polar surface area (TPSA) is 32.3 Å². The highest BCUT2D eigenvalue weighted by Gasteiger charge is 2.40. The van der Waals surface area contributed by atoms with E-state index in [0.29, 0.717) is 11.9 Å². The zero-order valence-electron chi connectivity index (χ0n) is 8.42. The zero-order chi connectivity index (χ0) is 9.42. The average Bonchev–Trinajstić information content (AvgIpc) is 2.29. The van der Waals surface area contributed by atoms with Crippen LogP contribution in [-0.2, 0) is 4.79 Å². The molecule has 1 aliphatic heterocycles. The molecule has 3 heteroatoms. The maximum Gasteiger partial charge on any atom is 0.241 e. The molecule has 0 spiro atoms. The number of nitrogens with zero attached hydrogens (tertiary/aromatic N) is 1. The highest BCUT2D eigenvalue weighted by Crippen LogP contribution is 2.29.